The molecule has 3 atom stereocenters. The van der Waals surface area contributed by atoms with Gasteiger partial charge in [-0.2, -0.15) is 43.2 Å². The molecule has 4 N–H and O–H groups in total. The van der Waals surface area contributed by atoms with Gasteiger partial charge in [-0.25, -0.2) is 19.6 Å². The first-order valence-corrected chi connectivity index (χ1v) is 31.3. The summed E-state index contributed by atoms with van der Waals surface area (Å²) >= 11 is 0. The smallest absolute Gasteiger partial charge is 0.496 e. The van der Waals surface area contributed by atoms with Crippen LogP contribution in [0.3, 0.4) is 0 Å². The molecule has 8 rings (SSSR count). The Labute approximate surface area is 545 Å². The molecule has 0 saturated heterocycles. The van der Waals surface area contributed by atoms with Gasteiger partial charge in [0.25, 0.3) is 0 Å². The van der Waals surface area contributed by atoms with E-state index in [2.05, 4.69) is 54.6 Å². The SMILES string of the molecule is CC(C1=N[C@@H](C(C)C)CO1)C1=N[C@@H](C(C)C)CO1.CCOC(=O)C(=Cc1ccccc1)C(=O)OCC.CCOC(=O)C(C(=O)OCC)[C@@H](c1ccccc1)c1c[nH]c2cccc(OC)c12.COc1cccc2[nH]ccc12.O=S(=O)(O)C(F)(F)F.O=S(=O)(O)C(F)(F)F.[Cu]. The molecule has 6 aromatic rings. The number of H-pyrrole nitrogens is 2. The molecule has 4 heterocycles. The van der Waals surface area contributed by atoms with Crippen molar-refractivity contribution in [3.8, 4) is 11.5 Å². The predicted octanol–water partition coefficient (Wildman–Crippen LogP) is 11.7. The fourth-order valence-corrected chi connectivity index (χ4v) is 8.29. The Morgan fingerprint density at radius 3 is 1.42 bits per heavy atom. The van der Waals surface area contributed by atoms with E-state index in [9.17, 15) is 45.5 Å². The fourth-order valence-electron chi connectivity index (χ4n) is 8.29. The number of aromatic amines is 2. The summed E-state index contributed by atoms with van der Waals surface area (Å²) in [6, 6.07) is 32.7. The molecule has 0 bridgehead atoms. The van der Waals surface area contributed by atoms with Gasteiger partial charge in [0.1, 0.15) is 36.2 Å². The van der Waals surface area contributed by atoms with Gasteiger partial charge in [0.2, 0.25) is 0 Å². The molecule has 0 unspecified atom stereocenters. The number of alkyl halides is 6. The third-order valence-electron chi connectivity index (χ3n) is 13.0. The normalized spacial score (nSPS) is 14.5. The molecule has 517 valence electrons. The van der Waals surface area contributed by atoms with E-state index in [1.54, 1.807) is 54.0 Å². The van der Waals surface area contributed by atoms with Gasteiger partial charge >= 0.3 is 55.1 Å². The van der Waals surface area contributed by atoms with E-state index in [0.717, 1.165) is 56.0 Å². The van der Waals surface area contributed by atoms with Gasteiger partial charge in [0.05, 0.1) is 52.7 Å². The number of fused-ring (bicyclic) bond motifs is 2. The summed E-state index contributed by atoms with van der Waals surface area (Å²) in [5.74, 6) is -0.0384. The molecular formula is C62H76CuF6N4O18S2. The largest absolute Gasteiger partial charge is 0.522 e. The van der Waals surface area contributed by atoms with Crippen molar-refractivity contribution in [1.29, 1.82) is 0 Å². The van der Waals surface area contributed by atoms with Gasteiger partial charge < -0.3 is 47.9 Å². The quantitative estimate of drug-likeness (QED) is 0.00715. The van der Waals surface area contributed by atoms with Gasteiger partial charge in [-0.1, -0.05) is 100 Å². The maximum absolute atomic E-state index is 12.9. The maximum atomic E-state index is 12.9. The van der Waals surface area contributed by atoms with E-state index < -0.39 is 67.0 Å². The van der Waals surface area contributed by atoms with Crippen molar-refractivity contribution >= 4 is 83.8 Å². The zero-order valence-corrected chi connectivity index (χ0v) is 55.1. The van der Waals surface area contributed by atoms with Gasteiger partial charge in [-0.15, -0.1) is 0 Å². The summed E-state index contributed by atoms with van der Waals surface area (Å²) in [7, 11) is -8.40. The summed E-state index contributed by atoms with van der Waals surface area (Å²) in [5, 5.41) is 1.96. The second-order valence-corrected chi connectivity index (χ2v) is 22.9. The van der Waals surface area contributed by atoms with Crippen molar-refractivity contribution in [2.45, 2.75) is 91.3 Å². The maximum Gasteiger partial charge on any atom is 0.522 e. The molecule has 2 aromatic heterocycles. The minimum absolute atomic E-state index is 0. The van der Waals surface area contributed by atoms with Crippen LogP contribution in [0.25, 0.3) is 27.9 Å². The van der Waals surface area contributed by atoms with Crippen LogP contribution in [0.2, 0.25) is 0 Å². The Balaban J connectivity index is 0.000000404. The second-order valence-electron chi connectivity index (χ2n) is 20.0. The Morgan fingerprint density at radius 1 is 0.602 bits per heavy atom. The minimum Gasteiger partial charge on any atom is -0.496 e. The van der Waals surface area contributed by atoms with Crippen molar-refractivity contribution in [2.24, 2.45) is 33.7 Å². The first-order chi connectivity index (χ1) is 43.2. The number of carbonyl (C=O) groups is 4. The van der Waals surface area contributed by atoms with E-state index in [1.165, 1.54) is 6.08 Å². The predicted molar refractivity (Wildman–Crippen MR) is 331 cm³/mol. The minimum atomic E-state index is -5.84. The summed E-state index contributed by atoms with van der Waals surface area (Å²) in [6.07, 6.45) is 5.19. The Morgan fingerprint density at radius 2 is 1.02 bits per heavy atom. The van der Waals surface area contributed by atoms with Crippen molar-refractivity contribution < 1.29 is 126 Å². The molecule has 1 radical (unpaired) electrons. The molecule has 31 heteroatoms. The van der Waals surface area contributed by atoms with Crippen LogP contribution in [-0.2, 0) is 84.9 Å². The molecule has 2 aliphatic rings. The molecule has 0 aliphatic carbocycles. The summed E-state index contributed by atoms with van der Waals surface area (Å²) in [5.41, 5.74) is -6.87. The van der Waals surface area contributed by atoms with Crippen LogP contribution in [0, 0.1) is 23.7 Å². The van der Waals surface area contributed by atoms with Gasteiger partial charge in [-0.3, -0.25) is 18.7 Å². The molecular weight excluding hydrogens is 1330 g/mol. The Hall–Kier alpha value is -7.96. The number of hydrogen-bond acceptors (Lipinski definition) is 18. The zero-order valence-electron chi connectivity index (χ0n) is 52.5. The van der Waals surface area contributed by atoms with Gasteiger partial charge in [-0.05, 0) is 99.6 Å². The number of carbonyl (C=O) groups excluding carboxylic acids is 4. The van der Waals surface area contributed by atoms with Crippen LogP contribution in [-0.4, -0.2) is 149 Å². The molecule has 93 heavy (non-hydrogen) atoms. The number of esters is 4. The van der Waals surface area contributed by atoms with Crippen LogP contribution in [0.5, 0.6) is 11.5 Å². The van der Waals surface area contributed by atoms with Crippen LogP contribution in [0.4, 0.5) is 26.3 Å². The second kappa shape index (κ2) is 38.3. The van der Waals surface area contributed by atoms with E-state index in [-0.39, 0.29) is 67.1 Å². The molecule has 0 saturated carbocycles. The number of ether oxygens (including phenoxy) is 8. The van der Waals surface area contributed by atoms with Crippen molar-refractivity contribution in [3.05, 3.63) is 138 Å². The average Bonchev–Trinajstić information content (AvgIpc) is 1.70. The van der Waals surface area contributed by atoms with Crippen LogP contribution >= 0.6 is 0 Å². The number of aliphatic imine (C=N–C) groups is 2. The molecule has 22 nitrogen and oxygen atoms in total. The number of methoxy groups -OCH3 is 2. The van der Waals surface area contributed by atoms with E-state index >= 15 is 0 Å². The number of hydrogen-bond donors (Lipinski definition) is 4. The van der Waals surface area contributed by atoms with E-state index in [4.69, 9.17) is 63.8 Å². The Bertz CT molecular complexity index is 3540. The molecule has 0 amide bonds. The number of nitrogens with one attached hydrogen (secondary N) is 2. The topological polar surface area (TPSA) is 307 Å². The number of nitrogens with zero attached hydrogens (tertiary/aromatic N) is 2. The van der Waals surface area contributed by atoms with E-state index in [1.807, 2.05) is 103 Å². The molecule has 4 aromatic carbocycles. The summed E-state index contributed by atoms with van der Waals surface area (Å²) < 4.78 is 157. The molecule has 2 aliphatic heterocycles. The fraction of sp³-hybridized carbons (Fsp3) is 0.419. The average molecular weight is 1410 g/mol. The summed E-state index contributed by atoms with van der Waals surface area (Å²) in [4.78, 5) is 64.7. The van der Waals surface area contributed by atoms with E-state index in [0.29, 0.717) is 30.8 Å². The van der Waals surface area contributed by atoms with Crippen LogP contribution < -0.4 is 9.47 Å². The monoisotopic (exact) mass is 1410 g/mol. The third-order valence-corrected chi connectivity index (χ3v) is 14.1. The number of rotatable bonds is 18. The van der Waals surface area contributed by atoms with Crippen LogP contribution in [0.15, 0.2) is 131 Å². The molecule has 0 spiro atoms. The van der Waals surface area contributed by atoms with Gasteiger partial charge in [0, 0.05) is 57.2 Å². The van der Waals surface area contributed by atoms with Crippen molar-refractivity contribution in [2.75, 3.05) is 53.9 Å². The number of benzene rings is 4. The standard InChI is InChI=1S/C23H25NO5.C14H24N2O2.C14H16O4.C9H9NO.2CHF3O3S.Cu/c1-4-28-22(25)21(23(26)29-5-2)19(15-10-7-6-8-11-15)16-14-24-17-12-9-13-18(27-3)20(16)17;1-8(2)11-6-17-13(15-11)10(5)14-16-12(7-18-14)9(3)4;1-3-17-13(15)12(14(16)18-4-2)10-11-8-6-5-7-9-11;1-11-9-4-2-3-8-7(9)5-6-10-8;2*2-1(3,4)8(5,6)7;/h6-14,19,21,24H,4-5H2,1-3H3;8-12H,6-7H2,1-5H3;5-10H,3-4H2,1-2H3;2-6,10H,1H3;2*(H,5,6,7);/t19-;11-,12-;;;;;/m01...../s1. The zero-order chi connectivity index (χ0) is 69.1. The number of aromatic nitrogens is 2. The number of halogens is 6. The van der Waals surface area contributed by atoms with Crippen LogP contribution in [0.1, 0.15) is 84.9 Å². The van der Waals surface area contributed by atoms with Crippen molar-refractivity contribution in [3.63, 3.8) is 0 Å². The summed E-state index contributed by atoms with van der Waals surface area (Å²) in [6.45, 7) is 19.7. The first kappa shape index (κ1) is 81.1. The third kappa shape index (κ3) is 24.8. The van der Waals surface area contributed by atoms with Crippen molar-refractivity contribution in [1.82, 2.24) is 9.97 Å². The Kier molecular flexibility index (Phi) is 33.4. The first-order valence-electron chi connectivity index (χ1n) is 28.4. The van der Waals surface area contributed by atoms with Gasteiger partial charge in [0.15, 0.2) is 17.7 Å². The molecule has 0 fully saturated rings.